The van der Waals surface area contributed by atoms with Gasteiger partial charge in [-0.2, -0.15) is 0 Å². The first-order valence-corrected chi connectivity index (χ1v) is 10.5. The summed E-state index contributed by atoms with van der Waals surface area (Å²) in [6.45, 7) is 4.54. The van der Waals surface area contributed by atoms with Gasteiger partial charge in [-0.1, -0.05) is 23.4 Å². The molecule has 1 aromatic carbocycles. The predicted molar refractivity (Wildman–Crippen MR) is 116 cm³/mol. The van der Waals surface area contributed by atoms with Crippen LogP contribution in [0, 0.1) is 12.8 Å². The number of hydrogen-bond acceptors (Lipinski definition) is 6. The van der Waals surface area contributed by atoms with Crippen LogP contribution in [0.25, 0.3) is 10.9 Å². The quantitative estimate of drug-likeness (QED) is 0.519. The lowest BCUT2D eigenvalue weighted by Gasteiger charge is -2.26. The molecule has 2 aliphatic rings. The first kappa shape index (κ1) is 19.6. The summed E-state index contributed by atoms with van der Waals surface area (Å²) >= 11 is 0. The number of nitrogens with one attached hydrogen (secondary N) is 1. The third-order valence-electron chi connectivity index (χ3n) is 6.16. The minimum atomic E-state index is -0.797. The predicted octanol–water partition coefficient (Wildman–Crippen LogP) is 3.00. The van der Waals surface area contributed by atoms with Gasteiger partial charge < -0.3 is 14.0 Å². The molecule has 2 aromatic heterocycles. The number of oxime groups is 1. The SMILES string of the molecule is CC1=CC(C(=O)ON=C2c3c(n(C)c4ccccc34)CCC2Cn2ccnc2C)ON1. The zero-order chi connectivity index (χ0) is 21.5. The highest BCUT2D eigenvalue weighted by molar-refractivity contribution is 6.14. The Morgan fingerprint density at radius 3 is 2.94 bits per heavy atom. The van der Waals surface area contributed by atoms with E-state index in [-0.39, 0.29) is 5.92 Å². The maximum Gasteiger partial charge on any atom is 0.370 e. The summed E-state index contributed by atoms with van der Waals surface area (Å²) in [6.07, 6.45) is 6.50. The number of aryl methyl sites for hydroxylation is 2. The Morgan fingerprint density at radius 2 is 2.19 bits per heavy atom. The molecule has 31 heavy (non-hydrogen) atoms. The van der Waals surface area contributed by atoms with Gasteiger partial charge in [-0.3, -0.25) is 10.3 Å². The topological polar surface area (TPSA) is 82.7 Å². The zero-order valence-corrected chi connectivity index (χ0v) is 17.8. The number of carbonyl (C=O) groups is 1. The van der Waals surface area contributed by atoms with E-state index in [9.17, 15) is 4.79 Å². The number of benzene rings is 1. The van der Waals surface area contributed by atoms with Gasteiger partial charge in [-0.25, -0.2) is 9.78 Å². The summed E-state index contributed by atoms with van der Waals surface area (Å²) in [4.78, 5) is 27.5. The number of allylic oxidation sites excluding steroid dienone is 1. The smallest absolute Gasteiger partial charge is 0.347 e. The molecule has 0 saturated carbocycles. The van der Waals surface area contributed by atoms with Crippen molar-refractivity contribution in [1.29, 1.82) is 0 Å². The van der Waals surface area contributed by atoms with Gasteiger partial charge in [0.2, 0.25) is 6.10 Å². The molecule has 8 nitrogen and oxygen atoms in total. The van der Waals surface area contributed by atoms with Crippen molar-refractivity contribution in [3.63, 3.8) is 0 Å². The molecule has 0 bridgehead atoms. The standard InChI is InChI=1S/C23H25N5O3/c1-14-12-20(30-25-14)23(29)31-26-22-16(13-28-11-10-24-15(28)2)8-9-19-21(22)17-6-4-5-7-18(17)27(19)3/h4-7,10-12,16,20,25H,8-9,13H2,1-3H3. The van der Waals surface area contributed by atoms with Crippen molar-refractivity contribution in [1.82, 2.24) is 19.6 Å². The average Bonchev–Trinajstić information content (AvgIpc) is 3.46. The second-order valence-corrected chi connectivity index (χ2v) is 8.14. The number of fused-ring (bicyclic) bond motifs is 3. The molecule has 0 fully saturated rings. The summed E-state index contributed by atoms with van der Waals surface area (Å²) in [5.74, 6) is 0.506. The summed E-state index contributed by atoms with van der Waals surface area (Å²) < 4.78 is 4.34. The summed E-state index contributed by atoms with van der Waals surface area (Å²) in [5, 5.41) is 5.55. The van der Waals surface area contributed by atoms with Crippen molar-refractivity contribution < 1.29 is 14.5 Å². The zero-order valence-electron chi connectivity index (χ0n) is 17.8. The van der Waals surface area contributed by atoms with E-state index in [1.54, 1.807) is 12.3 Å². The van der Waals surface area contributed by atoms with Crippen LogP contribution in [-0.4, -0.2) is 31.9 Å². The van der Waals surface area contributed by atoms with Crippen molar-refractivity contribution in [3.05, 3.63) is 65.5 Å². The van der Waals surface area contributed by atoms with Crippen LogP contribution in [0.15, 0.2) is 53.6 Å². The first-order valence-electron chi connectivity index (χ1n) is 10.5. The molecule has 1 aliphatic heterocycles. The largest absolute Gasteiger partial charge is 0.370 e. The van der Waals surface area contributed by atoms with E-state index in [1.807, 2.05) is 32.2 Å². The normalized spacial score (nSPS) is 21.8. The maximum atomic E-state index is 12.5. The lowest BCUT2D eigenvalue weighted by atomic mass is 9.84. The van der Waals surface area contributed by atoms with Gasteiger partial charge in [0.25, 0.3) is 0 Å². The minimum Gasteiger partial charge on any atom is -0.347 e. The van der Waals surface area contributed by atoms with E-state index >= 15 is 0 Å². The van der Waals surface area contributed by atoms with Crippen molar-refractivity contribution >= 4 is 22.6 Å². The van der Waals surface area contributed by atoms with Crippen molar-refractivity contribution in [3.8, 4) is 0 Å². The number of para-hydroxylation sites is 1. The van der Waals surface area contributed by atoms with Gasteiger partial charge in [-0.15, -0.1) is 0 Å². The first-order chi connectivity index (χ1) is 15.0. The fourth-order valence-electron chi connectivity index (χ4n) is 4.52. The third kappa shape index (κ3) is 3.42. The van der Waals surface area contributed by atoms with Crippen LogP contribution in [-0.2, 0) is 34.5 Å². The molecule has 5 rings (SSSR count). The molecular formula is C23H25N5O3. The van der Waals surface area contributed by atoms with Crippen molar-refractivity contribution in [2.75, 3.05) is 0 Å². The Balaban J connectivity index is 1.55. The minimum absolute atomic E-state index is 0.0962. The molecule has 3 heterocycles. The summed E-state index contributed by atoms with van der Waals surface area (Å²) in [5.41, 5.74) is 7.67. The molecule has 1 aliphatic carbocycles. The van der Waals surface area contributed by atoms with Gasteiger partial charge in [0.1, 0.15) is 5.82 Å². The van der Waals surface area contributed by atoms with Crippen LogP contribution in [0.3, 0.4) is 0 Å². The van der Waals surface area contributed by atoms with E-state index in [4.69, 9.17) is 9.68 Å². The molecule has 0 spiro atoms. The van der Waals surface area contributed by atoms with Crippen molar-refractivity contribution in [2.45, 2.75) is 39.3 Å². The van der Waals surface area contributed by atoms with E-state index in [1.165, 1.54) is 5.69 Å². The van der Waals surface area contributed by atoms with Crippen LogP contribution in [0.1, 0.15) is 30.4 Å². The molecular weight excluding hydrogens is 394 g/mol. The van der Waals surface area contributed by atoms with Crippen molar-refractivity contribution in [2.24, 2.45) is 18.1 Å². The second-order valence-electron chi connectivity index (χ2n) is 8.14. The van der Waals surface area contributed by atoms with E-state index in [0.29, 0.717) is 0 Å². The van der Waals surface area contributed by atoms with Crippen LogP contribution in [0.5, 0.6) is 0 Å². The third-order valence-corrected chi connectivity index (χ3v) is 6.16. The highest BCUT2D eigenvalue weighted by Crippen LogP contribution is 2.35. The molecule has 160 valence electrons. The molecule has 2 unspecified atom stereocenters. The van der Waals surface area contributed by atoms with Gasteiger partial charge in [-0.05, 0) is 38.8 Å². The highest BCUT2D eigenvalue weighted by Gasteiger charge is 2.32. The van der Waals surface area contributed by atoms with Gasteiger partial charge in [0.15, 0.2) is 0 Å². The molecule has 1 N–H and O–H groups in total. The number of rotatable bonds is 4. The molecule has 2 atom stereocenters. The summed E-state index contributed by atoms with van der Waals surface area (Å²) in [6, 6.07) is 8.28. The molecule has 8 heteroatoms. The molecule has 0 radical (unpaired) electrons. The van der Waals surface area contributed by atoms with E-state index in [2.05, 4.69) is 43.9 Å². The number of imidazole rings is 1. The van der Waals surface area contributed by atoms with E-state index < -0.39 is 12.1 Å². The Labute approximate surface area is 180 Å². The fraction of sp³-hybridized carbons (Fsp3) is 0.348. The molecule has 0 saturated heterocycles. The fourth-order valence-corrected chi connectivity index (χ4v) is 4.52. The van der Waals surface area contributed by atoms with Crippen LogP contribution in [0.2, 0.25) is 0 Å². The number of nitrogens with zero attached hydrogens (tertiary/aromatic N) is 4. The Bertz CT molecular complexity index is 1220. The Kier molecular flexibility index (Phi) is 4.86. The number of carbonyl (C=O) groups excluding carboxylic acids is 1. The van der Waals surface area contributed by atoms with Gasteiger partial charge in [0, 0.05) is 59.8 Å². The summed E-state index contributed by atoms with van der Waals surface area (Å²) in [7, 11) is 2.08. The van der Waals surface area contributed by atoms with Crippen LogP contribution in [0.4, 0.5) is 0 Å². The Morgan fingerprint density at radius 1 is 1.35 bits per heavy atom. The van der Waals surface area contributed by atoms with E-state index in [0.717, 1.165) is 53.1 Å². The van der Waals surface area contributed by atoms with Gasteiger partial charge in [0.05, 0.1) is 5.71 Å². The highest BCUT2D eigenvalue weighted by atomic mass is 16.7. The average molecular weight is 419 g/mol. The molecule has 3 aromatic rings. The lowest BCUT2D eigenvalue weighted by molar-refractivity contribution is -0.155. The number of hydrogen-bond donors (Lipinski definition) is 1. The number of aromatic nitrogens is 3. The monoisotopic (exact) mass is 419 g/mol. The lowest BCUT2D eigenvalue weighted by Crippen LogP contribution is -2.29. The van der Waals surface area contributed by atoms with Crippen LogP contribution < -0.4 is 5.48 Å². The van der Waals surface area contributed by atoms with Crippen LogP contribution >= 0.6 is 0 Å². The second kappa shape index (κ2) is 7.70. The Hall–Kier alpha value is -3.39. The van der Waals surface area contributed by atoms with Gasteiger partial charge >= 0.3 is 5.97 Å². The maximum absolute atomic E-state index is 12.5. The number of hydroxylamine groups is 1. The molecule has 0 amide bonds.